The number of fused-ring (bicyclic) bond motifs is 14. The molecule has 6 aliphatic carbocycles. The molecule has 0 aromatic heterocycles. The second-order valence-electron chi connectivity index (χ2n) is 16.1. The number of carbonyl (C=O) groups excluding carboxylic acids is 2. The Kier molecular flexibility index (Phi) is 17.8. The average Bonchev–Trinajstić information content (AvgIpc) is 3.48. The van der Waals surface area contributed by atoms with Crippen molar-refractivity contribution in [1.82, 2.24) is 0 Å². The SMILES string of the molecule is C.C.C.C.C.C.CCC(C)(C)C(=O)O.CCC(C)C(=O)OC1CC2CC1C1C2CC2OC21.CCC(C)C(=O)OC1CC2CC1C1CC3OC3C21. The van der Waals surface area contributed by atoms with Gasteiger partial charge < -0.3 is 24.1 Å². The van der Waals surface area contributed by atoms with Gasteiger partial charge in [0, 0.05) is 5.92 Å². The highest BCUT2D eigenvalue weighted by Gasteiger charge is 2.68. The van der Waals surface area contributed by atoms with Crippen molar-refractivity contribution in [2.75, 3.05) is 0 Å². The van der Waals surface area contributed by atoms with Crippen LogP contribution in [0.25, 0.3) is 0 Å². The predicted molar refractivity (Wildman–Crippen MR) is 204 cm³/mol. The topological polar surface area (TPSA) is 115 Å². The maximum absolute atomic E-state index is 11.9. The van der Waals surface area contributed by atoms with E-state index >= 15 is 0 Å². The molecule has 8 rings (SSSR count). The molecule has 0 spiro atoms. The summed E-state index contributed by atoms with van der Waals surface area (Å²) >= 11 is 0. The van der Waals surface area contributed by atoms with Gasteiger partial charge in [-0.3, -0.25) is 14.4 Å². The number of carboxylic acids is 1. The fourth-order valence-electron chi connectivity index (χ4n) is 9.80. The molecule has 4 bridgehead atoms. The van der Waals surface area contributed by atoms with E-state index < -0.39 is 11.4 Å². The van der Waals surface area contributed by atoms with E-state index in [1.807, 2.05) is 34.6 Å². The molecule has 0 amide bonds. The lowest BCUT2D eigenvalue weighted by atomic mass is 9.79. The van der Waals surface area contributed by atoms with Crippen molar-refractivity contribution in [2.24, 2.45) is 64.6 Å². The monoisotopic (exact) mass is 713 g/mol. The summed E-state index contributed by atoms with van der Waals surface area (Å²) in [6, 6.07) is 0. The zero-order valence-electron chi connectivity index (χ0n) is 27.9. The summed E-state index contributed by atoms with van der Waals surface area (Å²) in [5.74, 6) is 5.44. The standard InChI is InChI=1S/2C15H22O3.C6H12O2.6CH4/c1-3-7(2)15(16)18-11-5-8-4-10(11)13-9(8)6-12-14(13)17-12;1-3-7(2)15(16)18-11-5-8-4-9(11)10-6-12-14(17-12)13(8)10;1-4-6(2,3)5(7)8;;;;;;/h2*7-14H,3-6H2,1-2H3;4H2,1-3H3,(H,7,8);6*1H4. The highest BCUT2D eigenvalue weighted by Crippen LogP contribution is 2.66. The van der Waals surface area contributed by atoms with Gasteiger partial charge in [-0.15, -0.1) is 0 Å². The van der Waals surface area contributed by atoms with E-state index in [0.29, 0.717) is 48.6 Å². The van der Waals surface area contributed by atoms with E-state index in [1.54, 1.807) is 13.8 Å². The van der Waals surface area contributed by atoms with Crippen molar-refractivity contribution in [2.45, 2.75) is 187 Å². The Bertz CT molecular complexity index is 1110. The molecule has 2 heterocycles. The summed E-state index contributed by atoms with van der Waals surface area (Å²) in [6.45, 7) is 13.3. The van der Waals surface area contributed by atoms with Crippen LogP contribution in [-0.2, 0) is 33.3 Å². The highest BCUT2D eigenvalue weighted by atomic mass is 16.6. The van der Waals surface area contributed by atoms with Gasteiger partial charge in [-0.1, -0.05) is 79.2 Å². The van der Waals surface area contributed by atoms with Gasteiger partial charge in [-0.25, -0.2) is 0 Å². The number of ether oxygens (including phenoxy) is 4. The number of hydrogen-bond acceptors (Lipinski definition) is 7. The second-order valence-corrected chi connectivity index (χ2v) is 16.1. The van der Waals surface area contributed by atoms with Crippen molar-refractivity contribution in [1.29, 1.82) is 0 Å². The van der Waals surface area contributed by atoms with E-state index in [9.17, 15) is 14.4 Å². The van der Waals surface area contributed by atoms with Gasteiger partial charge >= 0.3 is 17.9 Å². The Morgan fingerprint density at radius 3 is 1.54 bits per heavy atom. The van der Waals surface area contributed by atoms with Crippen LogP contribution >= 0.6 is 0 Å². The fourth-order valence-corrected chi connectivity index (χ4v) is 9.80. The van der Waals surface area contributed by atoms with E-state index in [4.69, 9.17) is 24.1 Å². The number of carbonyl (C=O) groups is 3. The van der Waals surface area contributed by atoms with Crippen LogP contribution in [0.1, 0.15) is 151 Å². The van der Waals surface area contributed by atoms with Gasteiger partial charge in [0.25, 0.3) is 0 Å². The third kappa shape index (κ3) is 8.92. The van der Waals surface area contributed by atoms with Crippen LogP contribution in [0, 0.1) is 64.6 Å². The normalized spacial score (nSPS) is 39.9. The van der Waals surface area contributed by atoms with Crippen LogP contribution in [0.15, 0.2) is 0 Å². The van der Waals surface area contributed by atoms with Gasteiger partial charge in [0.05, 0.1) is 41.7 Å². The molecule has 8 heteroatoms. The molecule has 8 nitrogen and oxygen atoms in total. The van der Waals surface area contributed by atoms with Crippen molar-refractivity contribution >= 4 is 17.9 Å². The zero-order valence-corrected chi connectivity index (χ0v) is 27.9. The number of aliphatic carboxylic acids is 1. The predicted octanol–water partition coefficient (Wildman–Crippen LogP) is 10.1. The first-order chi connectivity index (χ1) is 20.9. The van der Waals surface area contributed by atoms with E-state index in [2.05, 4.69) is 0 Å². The summed E-state index contributed by atoms with van der Waals surface area (Å²) in [6.07, 6.45) is 12.4. The van der Waals surface area contributed by atoms with Gasteiger partial charge in [0.2, 0.25) is 0 Å². The van der Waals surface area contributed by atoms with Crippen molar-refractivity contribution in [3.63, 3.8) is 0 Å². The Hall–Kier alpha value is -1.67. The minimum atomic E-state index is -0.722. The van der Waals surface area contributed by atoms with E-state index in [0.717, 1.165) is 55.3 Å². The molecule has 2 aliphatic heterocycles. The van der Waals surface area contributed by atoms with Crippen molar-refractivity contribution < 1.29 is 38.4 Å². The molecule has 0 radical (unpaired) electrons. The number of esters is 2. The maximum Gasteiger partial charge on any atom is 0.309 e. The molecule has 8 fully saturated rings. The first kappa shape index (κ1) is 48.3. The molecule has 50 heavy (non-hydrogen) atoms. The molecular weight excluding hydrogens is 632 g/mol. The lowest BCUT2D eigenvalue weighted by Crippen LogP contribution is -2.35. The lowest BCUT2D eigenvalue weighted by Gasteiger charge is -2.32. The minimum absolute atomic E-state index is 0. The zero-order chi connectivity index (χ0) is 31.7. The van der Waals surface area contributed by atoms with Gasteiger partial charge in [0.15, 0.2) is 0 Å². The third-order valence-corrected chi connectivity index (χ3v) is 13.4. The largest absolute Gasteiger partial charge is 0.481 e. The Balaban J connectivity index is 0.000000725. The number of rotatable bonds is 8. The highest BCUT2D eigenvalue weighted by molar-refractivity contribution is 5.73. The van der Waals surface area contributed by atoms with E-state index in [-0.39, 0.29) is 80.5 Å². The summed E-state index contributed by atoms with van der Waals surface area (Å²) < 4.78 is 22.9. The Labute approximate surface area is 307 Å². The van der Waals surface area contributed by atoms with Crippen molar-refractivity contribution in [3.05, 3.63) is 0 Å². The molecule has 296 valence electrons. The van der Waals surface area contributed by atoms with Gasteiger partial charge in [-0.2, -0.15) is 0 Å². The summed E-state index contributed by atoms with van der Waals surface area (Å²) in [7, 11) is 0. The minimum Gasteiger partial charge on any atom is -0.481 e. The molecule has 16 atom stereocenters. The van der Waals surface area contributed by atoms with Crippen LogP contribution in [0.5, 0.6) is 0 Å². The summed E-state index contributed by atoms with van der Waals surface area (Å²) in [4.78, 5) is 34.1. The molecule has 2 saturated heterocycles. The maximum atomic E-state index is 11.9. The first-order valence-corrected chi connectivity index (χ1v) is 17.8. The van der Waals surface area contributed by atoms with Crippen LogP contribution in [0.2, 0.25) is 0 Å². The number of carboxylic acid groups (broad SMARTS) is 1. The smallest absolute Gasteiger partial charge is 0.309 e. The molecule has 6 saturated carbocycles. The van der Waals surface area contributed by atoms with E-state index in [1.165, 1.54) is 25.7 Å². The molecule has 8 aliphatic rings. The lowest BCUT2D eigenvalue weighted by molar-refractivity contribution is -0.159. The number of hydrogen-bond donors (Lipinski definition) is 1. The summed E-state index contributed by atoms with van der Waals surface area (Å²) in [5.41, 5.74) is -0.542. The molecule has 0 aromatic rings. The average molecular weight is 713 g/mol. The quantitative estimate of drug-likeness (QED) is 0.195. The van der Waals surface area contributed by atoms with Gasteiger partial charge in [0.1, 0.15) is 12.2 Å². The van der Waals surface area contributed by atoms with Crippen LogP contribution in [0.3, 0.4) is 0 Å². The first-order valence-electron chi connectivity index (χ1n) is 17.8. The molecule has 16 unspecified atom stereocenters. The molecular formula is C42H80O8. The van der Waals surface area contributed by atoms with Crippen LogP contribution in [0.4, 0.5) is 0 Å². The Morgan fingerprint density at radius 2 is 1.08 bits per heavy atom. The third-order valence-electron chi connectivity index (χ3n) is 13.4. The molecule has 1 N–H and O–H groups in total. The van der Waals surface area contributed by atoms with Crippen molar-refractivity contribution in [3.8, 4) is 0 Å². The number of epoxide rings is 2. The second kappa shape index (κ2) is 18.4. The fraction of sp³-hybridized carbons (Fsp3) is 0.929. The van der Waals surface area contributed by atoms with Gasteiger partial charge in [-0.05, 0) is 113 Å². The summed E-state index contributed by atoms with van der Waals surface area (Å²) in [5, 5.41) is 8.44. The van der Waals surface area contributed by atoms with Crippen LogP contribution in [-0.4, -0.2) is 59.6 Å². The van der Waals surface area contributed by atoms with Crippen LogP contribution < -0.4 is 0 Å². The molecule has 0 aromatic carbocycles. The Morgan fingerprint density at radius 1 is 0.640 bits per heavy atom.